The maximum absolute atomic E-state index is 4.63. The lowest BCUT2D eigenvalue weighted by Crippen LogP contribution is -2.26. The summed E-state index contributed by atoms with van der Waals surface area (Å²) in [5.74, 6) is 1.15. The van der Waals surface area contributed by atoms with Gasteiger partial charge in [-0.25, -0.2) is 4.98 Å². The van der Waals surface area contributed by atoms with Gasteiger partial charge in [0.1, 0.15) is 11.9 Å². The van der Waals surface area contributed by atoms with E-state index in [-0.39, 0.29) is 6.04 Å². The van der Waals surface area contributed by atoms with Crippen LogP contribution in [0.2, 0.25) is 0 Å². The van der Waals surface area contributed by atoms with Crippen LogP contribution in [0.1, 0.15) is 55.9 Å². The fourth-order valence-corrected chi connectivity index (χ4v) is 3.56. The van der Waals surface area contributed by atoms with Crippen molar-refractivity contribution < 1.29 is 0 Å². The van der Waals surface area contributed by atoms with Gasteiger partial charge in [-0.15, -0.1) is 11.3 Å². The van der Waals surface area contributed by atoms with E-state index in [0.29, 0.717) is 0 Å². The lowest BCUT2D eigenvalue weighted by atomic mass is 10.1. The maximum Gasteiger partial charge on any atom is 0.131 e. The van der Waals surface area contributed by atoms with Crippen molar-refractivity contribution in [3.8, 4) is 0 Å². The van der Waals surface area contributed by atoms with Crippen molar-refractivity contribution in [2.45, 2.75) is 52.6 Å². The number of nitrogens with zero attached hydrogens (tertiary/aromatic N) is 2. The van der Waals surface area contributed by atoms with Gasteiger partial charge in [0.25, 0.3) is 0 Å². The van der Waals surface area contributed by atoms with E-state index in [9.17, 15) is 0 Å². The van der Waals surface area contributed by atoms with Gasteiger partial charge in [0.2, 0.25) is 0 Å². The number of nitrogens with one attached hydrogen (secondary N) is 1. The second-order valence-electron chi connectivity index (χ2n) is 5.03. The molecule has 0 aliphatic carbocycles. The minimum Gasteiger partial charge on any atom is -0.333 e. The molecule has 0 saturated carbocycles. The normalized spacial score (nSPS) is 12.8. The molecule has 110 valence electrons. The van der Waals surface area contributed by atoms with Crippen molar-refractivity contribution in [2.24, 2.45) is 0 Å². The van der Waals surface area contributed by atoms with Crippen LogP contribution in [-0.4, -0.2) is 16.1 Å². The first-order chi connectivity index (χ1) is 9.81. The number of aryl methyl sites for hydroxylation is 2. The average molecular weight is 291 g/mol. The minimum atomic E-state index is 0.228. The SMILES string of the molecule is CCCNC(c1sccc1CC)c1nccn1CCC. The Balaban J connectivity index is 2.34. The minimum absolute atomic E-state index is 0.228. The van der Waals surface area contributed by atoms with Crippen molar-refractivity contribution >= 4 is 11.3 Å². The summed E-state index contributed by atoms with van der Waals surface area (Å²) in [5.41, 5.74) is 1.44. The molecule has 2 heterocycles. The van der Waals surface area contributed by atoms with Gasteiger partial charge in [-0.05, 0) is 42.8 Å². The second-order valence-corrected chi connectivity index (χ2v) is 5.98. The fraction of sp³-hybridized carbons (Fsp3) is 0.562. The van der Waals surface area contributed by atoms with Crippen molar-refractivity contribution in [2.75, 3.05) is 6.54 Å². The third-order valence-electron chi connectivity index (χ3n) is 3.49. The second kappa shape index (κ2) is 7.60. The van der Waals surface area contributed by atoms with Crippen LogP contribution in [0, 0.1) is 0 Å². The molecule has 4 heteroatoms. The van der Waals surface area contributed by atoms with Crippen molar-refractivity contribution in [3.63, 3.8) is 0 Å². The summed E-state index contributed by atoms with van der Waals surface area (Å²) in [6.07, 6.45) is 7.37. The molecule has 0 aromatic carbocycles. The summed E-state index contributed by atoms with van der Waals surface area (Å²) >= 11 is 1.84. The molecule has 20 heavy (non-hydrogen) atoms. The highest BCUT2D eigenvalue weighted by Crippen LogP contribution is 2.29. The Morgan fingerprint density at radius 1 is 1.30 bits per heavy atom. The van der Waals surface area contributed by atoms with Gasteiger partial charge in [0, 0.05) is 23.8 Å². The van der Waals surface area contributed by atoms with E-state index in [1.54, 1.807) is 0 Å². The smallest absolute Gasteiger partial charge is 0.131 e. The summed E-state index contributed by atoms with van der Waals surface area (Å²) < 4.78 is 2.28. The van der Waals surface area contributed by atoms with Gasteiger partial charge in [0.05, 0.1) is 0 Å². The first-order valence-corrected chi connectivity index (χ1v) is 8.50. The molecule has 0 saturated heterocycles. The molecule has 2 aromatic rings. The number of hydrogen-bond donors (Lipinski definition) is 1. The Labute approximate surface area is 126 Å². The topological polar surface area (TPSA) is 29.9 Å². The van der Waals surface area contributed by atoms with E-state index >= 15 is 0 Å². The van der Waals surface area contributed by atoms with Crippen LogP contribution in [0.25, 0.3) is 0 Å². The largest absolute Gasteiger partial charge is 0.333 e. The van der Waals surface area contributed by atoms with Crippen LogP contribution in [0.3, 0.4) is 0 Å². The predicted molar refractivity (Wildman–Crippen MR) is 86.4 cm³/mol. The highest BCUT2D eigenvalue weighted by Gasteiger charge is 2.21. The zero-order valence-electron chi connectivity index (χ0n) is 12.7. The number of aromatic nitrogens is 2. The van der Waals surface area contributed by atoms with Gasteiger partial charge in [-0.1, -0.05) is 20.8 Å². The molecule has 2 rings (SSSR count). The molecule has 0 radical (unpaired) electrons. The van der Waals surface area contributed by atoms with E-state index in [2.05, 4.69) is 53.3 Å². The van der Waals surface area contributed by atoms with E-state index in [1.165, 1.54) is 10.4 Å². The highest BCUT2D eigenvalue weighted by molar-refractivity contribution is 7.10. The number of hydrogen-bond acceptors (Lipinski definition) is 3. The van der Waals surface area contributed by atoms with Gasteiger partial charge < -0.3 is 9.88 Å². The average Bonchev–Trinajstić information content (AvgIpc) is 3.09. The predicted octanol–water partition coefficient (Wildman–Crippen LogP) is 4.01. The molecule has 2 aromatic heterocycles. The van der Waals surface area contributed by atoms with Crippen LogP contribution in [0.5, 0.6) is 0 Å². The molecule has 0 bridgehead atoms. The molecule has 0 fully saturated rings. The Hall–Kier alpha value is -1.13. The van der Waals surface area contributed by atoms with E-state index in [1.807, 2.05) is 17.5 Å². The molecule has 0 spiro atoms. The van der Waals surface area contributed by atoms with Crippen LogP contribution in [-0.2, 0) is 13.0 Å². The van der Waals surface area contributed by atoms with Crippen LogP contribution in [0.15, 0.2) is 23.8 Å². The Morgan fingerprint density at radius 2 is 2.15 bits per heavy atom. The molecule has 0 aliphatic rings. The molecular formula is C16H25N3S. The number of imidazole rings is 1. The maximum atomic E-state index is 4.63. The molecule has 3 nitrogen and oxygen atoms in total. The Bertz CT molecular complexity index is 515. The standard InChI is InChI=1S/C16H25N3S/c1-4-8-17-14(15-13(6-3)7-12-20-15)16-18-9-11-19(16)10-5-2/h7,9,11-12,14,17H,4-6,8,10H2,1-3H3. The van der Waals surface area contributed by atoms with Gasteiger partial charge in [-0.2, -0.15) is 0 Å². The van der Waals surface area contributed by atoms with Crippen LogP contribution in [0.4, 0.5) is 0 Å². The third-order valence-corrected chi connectivity index (χ3v) is 4.52. The quantitative estimate of drug-likeness (QED) is 0.796. The van der Waals surface area contributed by atoms with Crippen molar-refractivity contribution in [1.29, 1.82) is 0 Å². The molecule has 1 N–H and O–H groups in total. The van der Waals surface area contributed by atoms with Gasteiger partial charge in [0.15, 0.2) is 0 Å². The third kappa shape index (κ3) is 3.30. The zero-order valence-corrected chi connectivity index (χ0v) is 13.5. The summed E-state index contributed by atoms with van der Waals surface area (Å²) in [6, 6.07) is 2.47. The highest BCUT2D eigenvalue weighted by atomic mass is 32.1. The van der Waals surface area contributed by atoms with Gasteiger partial charge in [-0.3, -0.25) is 0 Å². The van der Waals surface area contributed by atoms with E-state index in [4.69, 9.17) is 0 Å². The first kappa shape index (κ1) is 15.3. The molecule has 1 atom stereocenters. The zero-order chi connectivity index (χ0) is 14.4. The summed E-state index contributed by atoms with van der Waals surface area (Å²) in [7, 11) is 0. The lowest BCUT2D eigenvalue weighted by Gasteiger charge is -2.20. The molecule has 0 amide bonds. The Kier molecular flexibility index (Phi) is 5.80. The van der Waals surface area contributed by atoms with E-state index in [0.717, 1.165) is 38.2 Å². The van der Waals surface area contributed by atoms with Crippen LogP contribution >= 0.6 is 11.3 Å². The monoisotopic (exact) mass is 291 g/mol. The summed E-state index contributed by atoms with van der Waals surface area (Å²) in [6.45, 7) is 8.69. The number of thiophene rings is 1. The van der Waals surface area contributed by atoms with E-state index < -0.39 is 0 Å². The molecular weight excluding hydrogens is 266 g/mol. The Morgan fingerprint density at radius 3 is 2.85 bits per heavy atom. The molecule has 0 aliphatic heterocycles. The number of rotatable bonds is 8. The summed E-state index contributed by atoms with van der Waals surface area (Å²) in [4.78, 5) is 6.05. The van der Waals surface area contributed by atoms with Crippen molar-refractivity contribution in [3.05, 3.63) is 40.1 Å². The fourth-order valence-electron chi connectivity index (χ4n) is 2.49. The first-order valence-electron chi connectivity index (χ1n) is 7.62. The van der Waals surface area contributed by atoms with Gasteiger partial charge >= 0.3 is 0 Å². The summed E-state index contributed by atoms with van der Waals surface area (Å²) in [5, 5.41) is 5.87. The lowest BCUT2D eigenvalue weighted by molar-refractivity contribution is 0.533. The molecule has 1 unspecified atom stereocenters. The van der Waals surface area contributed by atoms with Crippen LogP contribution < -0.4 is 5.32 Å². The van der Waals surface area contributed by atoms with Crippen molar-refractivity contribution in [1.82, 2.24) is 14.9 Å².